The van der Waals surface area contributed by atoms with Gasteiger partial charge < -0.3 is 10.1 Å². The molecule has 0 saturated heterocycles. The van der Waals surface area contributed by atoms with Crippen molar-refractivity contribution in [2.24, 2.45) is 0 Å². The van der Waals surface area contributed by atoms with Crippen LogP contribution in [0, 0.1) is 11.3 Å². The number of ether oxygens (including phenoxy) is 1. The van der Waals surface area contributed by atoms with Crippen LogP contribution in [0.2, 0.25) is 0 Å². The van der Waals surface area contributed by atoms with Crippen LogP contribution in [-0.4, -0.2) is 22.5 Å². The van der Waals surface area contributed by atoms with E-state index in [-0.39, 0.29) is 12.0 Å². The normalized spacial score (nSPS) is 12.9. The van der Waals surface area contributed by atoms with Crippen molar-refractivity contribution >= 4 is 12.0 Å². The molecule has 0 aromatic heterocycles. The second-order valence-corrected chi connectivity index (χ2v) is 8.22. The van der Waals surface area contributed by atoms with Gasteiger partial charge in [-0.15, -0.1) is 0 Å². The fourth-order valence-electron chi connectivity index (χ4n) is 3.34. The largest absolute Gasteiger partial charge is 0.444 e. The van der Waals surface area contributed by atoms with Gasteiger partial charge in [0.25, 0.3) is 0 Å². The van der Waals surface area contributed by atoms with Crippen LogP contribution in [0.1, 0.15) is 49.9 Å². The van der Waals surface area contributed by atoms with Gasteiger partial charge in [0.05, 0.1) is 18.2 Å². The van der Waals surface area contributed by atoms with Gasteiger partial charge in [-0.3, -0.25) is 9.69 Å². The molecule has 0 spiro atoms. The molecule has 6 heteroatoms. The molecule has 0 bridgehead atoms. The zero-order chi connectivity index (χ0) is 21.2. The van der Waals surface area contributed by atoms with E-state index < -0.39 is 5.60 Å². The predicted octanol–water partition coefficient (Wildman–Crippen LogP) is 4.11. The fourth-order valence-corrected chi connectivity index (χ4v) is 3.34. The first-order chi connectivity index (χ1) is 13.7. The Morgan fingerprint density at radius 1 is 1.17 bits per heavy atom. The maximum Gasteiger partial charge on any atom is 0.410 e. The summed E-state index contributed by atoms with van der Waals surface area (Å²) in [7, 11) is 0. The van der Waals surface area contributed by atoms with Gasteiger partial charge in [0.1, 0.15) is 5.60 Å². The highest BCUT2D eigenvalue weighted by molar-refractivity contribution is 5.76. The van der Waals surface area contributed by atoms with Gasteiger partial charge in [-0.25, -0.2) is 4.79 Å². The molecule has 0 unspecified atom stereocenters. The lowest BCUT2D eigenvalue weighted by Crippen LogP contribution is -2.33. The average molecular weight is 391 g/mol. The van der Waals surface area contributed by atoms with Gasteiger partial charge >= 0.3 is 6.09 Å². The van der Waals surface area contributed by atoms with Gasteiger partial charge in [-0.05, 0) is 66.8 Å². The second-order valence-electron chi connectivity index (χ2n) is 8.22. The Morgan fingerprint density at radius 3 is 2.45 bits per heavy atom. The maximum absolute atomic E-state index is 12.6. The molecule has 3 rings (SSSR count). The van der Waals surface area contributed by atoms with Crippen LogP contribution in [0.15, 0.2) is 36.4 Å². The van der Waals surface area contributed by atoms with Crippen molar-refractivity contribution in [3.8, 4) is 17.2 Å². The Kier molecular flexibility index (Phi) is 5.60. The highest BCUT2D eigenvalue weighted by Crippen LogP contribution is 2.35. The van der Waals surface area contributed by atoms with Crippen LogP contribution < -0.4 is 5.32 Å². The Bertz CT molecular complexity index is 982. The van der Waals surface area contributed by atoms with Crippen molar-refractivity contribution in [1.82, 2.24) is 10.2 Å². The first-order valence-electron chi connectivity index (χ1n) is 9.54. The molecular weight excluding hydrogens is 366 g/mol. The number of fused-ring (bicyclic) bond motifs is 1. The Morgan fingerprint density at radius 2 is 1.86 bits per heavy atom. The molecule has 0 fully saturated rings. The highest BCUT2D eigenvalue weighted by Gasteiger charge is 2.30. The fraction of sp³-hybridized carbons (Fsp3) is 0.348. The molecule has 6 nitrogen and oxygen atoms in total. The smallest absolute Gasteiger partial charge is 0.410 e. The average Bonchev–Trinajstić information content (AvgIpc) is 3.09. The third-order valence-electron chi connectivity index (χ3n) is 4.63. The number of carbonyl (C=O) groups is 2. The summed E-state index contributed by atoms with van der Waals surface area (Å²) in [6.45, 7) is 8.37. The summed E-state index contributed by atoms with van der Waals surface area (Å²) in [6, 6.07) is 13.6. The molecule has 1 aliphatic rings. The van der Waals surface area contributed by atoms with E-state index in [1.165, 1.54) is 6.92 Å². The third-order valence-corrected chi connectivity index (χ3v) is 4.63. The van der Waals surface area contributed by atoms with Gasteiger partial charge in [0, 0.05) is 20.0 Å². The summed E-state index contributed by atoms with van der Waals surface area (Å²) >= 11 is 0. The van der Waals surface area contributed by atoms with E-state index in [9.17, 15) is 9.59 Å². The summed E-state index contributed by atoms with van der Waals surface area (Å²) in [5.41, 5.74) is 5.07. The molecule has 29 heavy (non-hydrogen) atoms. The lowest BCUT2D eigenvalue weighted by Gasteiger charge is -2.24. The molecule has 2 aromatic carbocycles. The van der Waals surface area contributed by atoms with E-state index >= 15 is 0 Å². The van der Waals surface area contributed by atoms with Gasteiger partial charge in [-0.2, -0.15) is 5.26 Å². The number of nitrogens with one attached hydrogen (secondary N) is 1. The highest BCUT2D eigenvalue weighted by atomic mass is 16.6. The lowest BCUT2D eigenvalue weighted by atomic mass is 9.94. The Balaban J connectivity index is 1.97. The van der Waals surface area contributed by atoms with E-state index in [2.05, 4.69) is 11.4 Å². The molecule has 1 N–H and O–H groups in total. The minimum Gasteiger partial charge on any atom is -0.444 e. The first-order valence-corrected chi connectivity index (χ1v) is 9.54. The number of benzene rings is 2. The van der Waals surface area contributed by atoms with E-state index in [0.717, 1.165) is 27.8 Å². The van der Waals surface area contributed by atoms with E-state index in [1.807, 2.05) is 45.0 Å². The second kappa shape index (κ2) is 7.96. The molecule has 0 atom stereocenters. The molecule has 0 radical (unpaired) electrons. The molecular formula is C23H25N3O3. The maximum atomic E-state index is 12.6. The molecule has 0 aliphatic carbocycles. The van der Waals surface area contributed by atoms with Crippen molar-refractivity contribution in [1.29, 1.82) is 5.26 Å². The summed E-state index contributed by atoms with van der Waals surface area (Å²) in [6.07, 6.45) is -0.345. The van der Waals surface area contributed by atoms with Crippen molar-refractivity contribution in [2.45, 2.75) is 52.9 Å². The van der Waals surface area contributed by atoms with Crippen LogP contribution in [0.25, 0.3) is 11.1 Å². The van der Waals surface area contributed by atoms with Crippen molar-refractivity contribution in [2.75, 3.05) is 0 Å². The molecule has 1 aliphatic heterocycles. The van der Waals surface area contributed by atoms with Crippen LogP contribution >= 0.6 is 0 Å². The van der Waals surface area contributed by atoms with Crippen LogP contribution in [-0.2, 0) is 29.2 Å². The van der Waals surface area contributed by atoms with Crippen LogP contribution in [0.3, 0.4) is 0 Å². The quantitative estimate of drug-likeness (QED) is 0.853. The third kappa shape index (κ3) is 4.94. The predicted molar refractivity (Wildman–Crippen MR) is 110 cm³/mol. The number of nitrogens with zero attached hydrogens (tertiary/aromatic N) is 2. The summed E-state index contributed by atoms with van der Waals surface area (Å²) < 4.78 is 5.53. The van der Waals surface area contributed by atoms with Gasteiger partial charge in [-0.1, -0.05) is 18.2 Å². The van der Waals surface area contributed by atoms with Crippen molar-refractivity contribution in [3.05, 3.63) is 58.7 Å². The van der Waals surface area contributed by atoms with Crippen LogP contribution in [0.4, 0.5) is 4.79 Å². The summed E-state index contributed by atoms with van der Waals surface area (Å²) in [5, 5.41) is 11.9. The van der Waals surface area contributed by atoms with Crippen molar-refractivity contribution in [3.63, 3.8) is 0 Å². The number of rotatable bonds is 3. The number of hydrogen-bond acceptors (Lipinski definition) is 4. The van der Waals surface area contributed by atoms with Gasteiger partial charge in [0.15, 0.2) is 0 Å². The summed E-state index contributed by atoms with van der Waals surface area (Å²) in [4.78, 5) is 25.6. The monoisotopic (exact) mass is 391 g/mol. The molecule has 1 heterocycles. The number of carbonyl (C=O) groups excluding carboxylic acids is 2. The summed E-state index contributed by atoms with van der Waals surface area (Å²) in [5.74, 6) is -0.0965. The molecule has 2 amide bonds. The number of hydrogen-bond donors (Lipinski definition) is 1. The van der Waals surface area contributed by atoms with Crippen LogP contribution in [0.5, 0.6) is 0 Å². The standard InChI is InChI=1S/C23H25N3O3/c1-15(27)25-12-17-9-19-13-26(22(28)29-23(2,3)4)14-21(19)20(10-17)18-7-5-16(11-24)6-8-18/h5-10H,12-14H2,1-4H3,(H,25,27). The minimum atomic E-state index is -0.557. The molecule has 0 saturated carbocycles. The lowest BCUT2D eigenvalue weighted by molar-refractivity contribution is -0.119. The topological polar surface area (TPSA) is 82.4 Å². The van der Waals surface area contributed by atoms with E-state index in [4.69, 9.17) is 10.00 Å². The Labute approximate surface area is 171 Å². The van der Waals surface area contributed by atoms with Gasteiger partial charge in [0.2, 0.25) is 5.91 Å². The van der Waals surface area contributed by atoms with E-state index in [1.54, 1.807) is 17.0 Å². The Hall–Kier alpha value is -3.33. The first kappa shape index (κ1) is 20.4. The SMILES string of the molecule is CC(=O)NCc1cc2c(c(-c3ccc(C#N)cc3)c1)CN(C(=O)OC(C)(C)C)C2. The zero-order valence-electron chi connectivity index (χ0n) is 17.2. The zero-order valence-corrected chi connectivity index (χ0v) is 17.2. The molecule has 150 valence electrons. The number of amides is 2. The number of nitriles is 1. The molecule has 2 aromatic rings. The van der Waals surface area contributed by atoms with Crippen molar-refractivity contribution < 1.29 is 14.3 Å². The van der Waals surface area contributed by atoms with E-state index in [0.29, 0.717) is 25.2 Å². The minimum absolute atomic E-state index is 0.0965.